The van der Waals surface area contributed by atoms with Gasteiger partial charge in [0.05, 0.1) is 6.61 Å². The first-order valence-electron chi connectivity index (χ1n) is 4.94. The van der Waals surface area contributed by atoms with Crippen molar-refractivity contribution < 1.29 is 73.8 Å². The van der Waals surface area contributed by atoms with Crippen molar-refractivity contribution in [2.75, 3.05) is 0 Å². The molecule has 0 bridgehead atoms. The summed E-state index contributed by atoms with van der Waals surface area (Å²) in [6.45, 7) is -1.38. The molecule has 0 unspecified atom stereocenters. The molecule has 0 saturated heterocycles. The molecule has 1 heterocycles. The summed E-state index contributed by atoms with van der Waals surface area (Å²) in [7, 11) is 0. The van der Waals surface area contributed by atoms with E-state index in [1.807, 2.05) is 0 Å². The Bertz CT molecular complexity index is 421. The zero-order chi connectivity index (χ0) is 12.0. The van der Waals surface area contributed by atoms with E-state index in [2.05, 4.69) is 0 Å². The Morgan fingerprint density at radius 1 is 1.24 bits per heavy atom. The maximum Gasteiger partial charge on any atom is 1.00 e. The van der Waals surface area contributed by atoms with Gasteiger partial charge in [0.25, 0.3) is 0 Å². The molecule has 0 spiro atoms. The summed E-state index contributed by atoms with van der Waals surface area (Å²) < 4.78 is 48.2. The van der Waals surface area contributed by atoms with E-state index in [1.54, 1.807) is 13.8 Å². The maximum atomic E-state index is 12.5. The van der Waals surface area contributed by atoms with E-state index in [9.17, 15) is 12.9 Å². The Labute approximate surface area is 140 Å². The summed E-state index contributed by atoms with van der Waals surface area (Å²) >= 11 is 0. The second kappa shape index (κ2) is 5.22. The summed E-state index contributed by atoms with van der Waals surface area (Å²) in [6, 6.07) is 3.48. The molecule has 2 rings (SSSR count). The van der Waals surface area contributed by atoms with Crippen LogP contribution < -0.4 is 61.6 Å². The van der Waals surface area contributed by atoms with Crippen molar-refractivity contribution >= 4 is 12.4 Å². The topological polar surface area (TPSA) is 18.5 Å². The van der Waals surface area contributed by atoms with Gasteiger partial charge in [-0.2, -0.15) is 0 Å². The van der Waals surface area contributed by atoms with Gasteiger partial charge in [-0.25, -0.2) is 0 Å². The van der Waals surface area contributed by atoms with E-state index in [1.165, 1.54) is 6.07 Å². The first-order chi connectivity index (χ1) is 7.28. The zero-order valence-electron chi connectivity index (χ0n) is 9.97. The Balaban J connectivity index is 0.00000144. The van der Waals surface area contributed by atoms with E-state index in [-0.39, 0.29) is 58.0 Å². The molecule has 1 aromatic rings. The second-order valence-corrected chi connectivity index (χ2v) is 4.23. The maximum absolute atomic E-state index is 12.5. The number of hydrogen-bond donors (Lipinski definition) is 0. The Morgan fingerprint density at radius 3 is 2.47 bits per heavy atom. The van der Waals surface area contributed by atoms with Crippen LogP contribution in [0.4, 0.5) is 12.9 Å². The minimum absolute atomic E-state index is 0. The minimum Gasteiger partial charge on any atom is -0.463 e. The van der Waals surface area contributed by atoms with Gasteiger partial charge >= 0.3 is 58.4 Å². The van der Waals surface area contributed by atoms with Crippen LogP contribution in [0.1, 0.15) is 19.4 Å². The predicted molar refractivity (Wildman–Crippen MR) is 54.7 cm³/mol. The summed E-state index contributed by atoms with van der Waals surface area (Å²) in [4.78, 5) is 0. The predicted octanol–water partition coefficient (Wildman–Crippen LogP) is -0.610. The van der Waals surface area contributed by atoms with Crippen LogP contribution in [0, 0.1) is 0 Å². The van der Waals surface area contributed by atoms with Crippen LogP contribution in [0.25, 0.3) is 0 Å². The normalized spacial score (nSPS) is 17.7. The zero-order valence-corrected chi connectivity index (χ0v) is 13.1. The molecule has 17 heavy (non-hydrogen) atoms. The molecule has 0 saturated carbocycles. The molecule has 0 radical (unpaired) electrons. The molecular formula is C10H11BF3KO2. The quantitative estimate of drug-likeness (QED) is 0.634. The Kier molecular flexibility index (Phi) is 4.77. The third kappa shape index (κ3) is 3.72. The molecule has 0 atom stereocenters. The van der Waals surface area contributed by atoms with Crippen LogP contribution in [0.15, 0.2) is 18.2 Å². The molecule has 1 aliphatic heterocycles. The minimum atomic E-state index is -4.96. The number of hydrogen-bond acceptors (Lipinski definition) is 2. The molecule has 88 valence electrons. The van der Waals surface area contributed by atoms with E-state index in [0.29, 0.717) is 11.3 Å². The van der Waals surface area contributed by atoms with Gasteiger partial charge in [0.1, 0.15) is 5.75 Å². The van der Waals surface area contributed by atoms with Crippen LogP contribution in [0.2, 0.25) is 0 Å². The molecule has 0 fully saturated rings. The Hall–Kier alpha value is 0.471. The fourth-order valence-corrected chi connectivity index (χ4v) is 1.56. The van der Waals surface area contributed by atoms with Gasteiger partial charge in [-0.1, -0.05) is 12.1 Å². The van der Waals surface area contributed by atoms with Crippen LogP contribution in [0.5, 0.6) is 5.75 Å². The van der Waals surface area contributed by atoms with E-state index >= 15 is 0 Å². The van der Waals surface area contributed by atoms with Crippen molar-refractivity contribution in [3.05, 3.63) is 23.8 Å². The van der Waals surface area contributed by atoms with Crippen molar-refractivity contribution in [3.63, 3.8) is 0 Å². The van der Waals surface area contributed by atoms with Crippen molar-refractivity contribution in [2.24, 2.45) is 0 Å². The number of fused-ring (bicyclic) bond motifs is 1. The molecule has 2 nitrogen and oxygen atoms in total. The van der Waals surface area contributed by atoms with E-state index < -0.39 is 18.2 Å². The average Bonchev–Trinajstić information content (AvgIpc) is 2.14. The van der Waals surface area contributed by atoms with Crippen molar-refractivity contribution in [1.29, 1.82) is 0 Å². The van der Waals surface area contributed by atoms with Gasteiger partial charge in [-0.05, 0) is 6.07 Å². The molecule has 0 N–H and O–H groups in total. The number of halogens is 3. The van der Waals surface area contributed by atoms with Crippen LogP contribution >= 0.6 is 0 Å². The first kappa shape index (κ1) is 15.5. The number of ether oxygens (including phenoxy) is 2. The first-order valence-corrected chi connectivity index (χ1v) is 4.94. The van der Waals surface area contributed by atoms with Crippen molar-refractivity contribution in [1.82, 2.24) is 0 Å². The summed E-state index contributed by atoms with van der Waals surface area (Å²) in [5.41, 5.74) is -0.179. The molecule has 0 aliphatic carbocycles. The van der Waals surface area contributed by atoms with Gasteiger partial charge in [0.2, 0.25) is 5.79 Å². The Morgan fingerprint density at radius 2 is 1.88 bits per heavy atom. The van der Waals surface area contributed by atoms with E-state index in [4.69, 9.17) is 9.47 Å². The molecule has 1 aromatic carbocycles. The smallest absolute Gasteiger partial charge is 0.463 e. The average molecular weight is 270 g/mol. The van der Waals surface area contributed by atoms with Crippen LogP contribution in [0.3, 0.4) is 0 Å². The summed E-state index contributed by atoms with van der Waals surface area (Å²) in [6.07, 6.45) is 0. The fourth-order valence-electron chi connectivity index (χ4n) is 1.56. The molecule has 7 heteroatoms. The van der Waals surface area contributed by atoms with E-state index in [0.717, 1.165) is 12.1 Å². The van der Waals surface area contributed by atoms with Gasteiger partial charge in [-0.3, -0.25) is 0 Å². The molecule has 1 aliphatic rings. The third-order valence-corrected chi connectivity index (χ3v) is 2.39. The third-order valence-electron chi connectivity index (χ3n) is 2.39. The van der Waals surface area contributed by atoms with Crippen LogP contribution in [-0.2, 0) is 11.3 Å². The summed E-state index contributed by atoms with van der Waals surface area (Å²) in [5.74, 6) is -0.321. The van der Waals surface area contributed by atoms with Gasteiger partial charge in [-0.15, -0.1) is 5.46 Å². The second-order valence-electron chi connectivity index (χ2n) is 4.23. The monoisotopic (exact) mass is 270 g/mol. The number of benzene rings is 1. The van der Waals surface area contributed by atoms with Gasteiger partial charge in [0.15, 0.2) is 0 Å². The van der Waals surface area contributed by atoms with Gasteiger partial charge in [0, 0.05) is 19.4 Å². The summed E-state index contributed by atoms with van der Waals surface area (Å²) in [5, 5.41) is 0. The largest absolute Gasteiger partial charge is 1.00 e. The van der Waals surface area contributed by atoms with Crippen LogP contribution in [-0.4, -0.2) is 12.8 Å². The standard InChI is InChI=1S/C10H11BF3O2.K/c1-10(2)15-6-7-5-8(11(12,13)14)3-4-9(7)16-10;/h3-5H,6H2,1-2H3;/q-1;+1. The SMILES string of the molecule is CC1(C)OCc2cc([B-](F)(F)F)ccc2O1.[K+]. The van der Waals surface area contributed by atoms with Crippen molar-refractivity contribution in [3.8, 4) is 5.75 Å². The van der Waals surface area contributed by atoms with Crippen molar-refractivity contribution in [2.45, 2.75) is 26.2 Å². The number of rotatable bonds is 1. The fraction of sp³-hybridized carbons (Fsp3) is 0.400. The molecule has 0 amide bonds. The van der Waals surface area contributed by atoms with Gasteiger partial charge < -0.3 is 22.4 Å². The molecular weight excluding hydrogens is 259 g/mol. The molecule has 0 aromatic heterocycles.